The minimum Gasteiger partial charge on any atom is -0.490 e. The van der Waals surface area contributed by atoms with Gasteiger partial charge in [0.1, 0.15) is 17.9 Å². The van der Waals surface area contributed by atoms with Crippen LogP contribution in [0.25, 0.3) is 0 Å². The molecular formula is C32H43N5O4. The van der Waals surface area contributed by atoms with E-state index in [0.29, 0.717) is 19.4 Å². The number of nitrogens with zero attached hydrogens (tertiary/aromatic N) is 4. The van der Waals surface area contributed by atoms with Gasteiger partial charge in [0, 0.05) is 75.9 Å². The predicted molar refractivity (Wildman–Crippen MR) is 160 cm³/mol. The lowest BCUT2D eigenvalue weighted by molar-refractivity contribution is -0.135. The Morgan fingerprint density at radius 3 is 2.39 bits per heavy atom. The van der Waals surface area contributed by atoms with Crippen LogP contribution >= 0.6 is 0 Å². The average Bonchev–Trinajstić information content (AvgIpc) is 2.93. The van der Waals surface area contributed by atoms with Gasteiger partial charge < -0.3 is 19.4 Å². The first-order valence-corrected chi connectivity index (χ1v) is 14.9. The Kier molecular flexibility index (Phi) is 8.82. The highest BCUT2D eigenvalue weighted by atomic mass is 16.5. The number of piperazine rings is 1. The van der Waals surface area contributed by atoms with E-state index in [9.17, 15) is 14.4 Å². The summed E-state index contributed by atoms with van der Waals surface area (Å²) in [5.74, 6) is 0.657. The third-order valence-corrected chi connectivity index (χ3v) is 8.65. The van der Waals surface area contributed by atoms with Crippen LogP contribution in [-0.4, -0.2) is 91.5 Å². The molecule has 0 saturated carbocycles. The lowest BCUT2D eigenvalue weighted by Crippen LogP contribution is -2.59. The van der Waals surface area contributed by atoms with Crippen LogP contribution in [0.2, 0.25) is 0 Å². The van der Waals surface area contributed by atoms with Crippen LogP contribution in [0.4, 0.5) is 11.4 Å². The first-order chi connectivity index (χ1) is 19.7. The zero-order chi connectivity index (χ0) is 29.1. The van der Waals surface area contributed by atoms with Crippen molar-refractivity contribution in [2.75, 3.05) is 49.6 Å². The second-order valence-electron chi connectivity index (χ2n) is 11.9. The van der Waals surface area contributed by atoms with Crippen molar-refractivity contribution in [1.82, 2.24) is 15.1 Å². The fourth-order valence-corrected chi connectivity index (χ4v) is 6.57. The molecule has 5 rings (SSSR count). The highest BCUT2D eigenvalue weighted by Gasteiger charge is 2.34. The van der Waals surface area contributed by atoms with E-state index in [1.807, 2.05) is 41.1 Å². The van der Waals surface area contributed by atoms with Gasteiger partial charge in [-0.25, -0.2) is 0 Å². The number of carbonyl (C=O) groups excluding carboxylic acids is 3. The maximum Gasteiger partial charge on any atom is 0.249 e. The molecule has 0 bridgehead atoms. The maximum atomic E-state index is 13.2. The fourth-order valence-electron chi connectivity index (χ4n) is 6.57. The number of amides is 3. The van der Waals surface area contributed by atoms with E-state index in [0.717, 1.165) is 56.1 Å². The second kappa shape index (κ2) is 12.5. The van der Waals surface area contributed by atoms with Crippen LogP contribution in [0.5, 0.6) is 5.75 Å². The molecule has 0 spiro atoms. The van der Waals surface area contributed by atoms with Crippen molar-refractivity contribution in [3.05, 3.63) is 54.1 Å². The third kappa shape index (κ3) is 6.84. The number of ether oxygens (including phenoxy) is 1. The van der Waals surface area contributed by atoms with Crippen molar-refractivity contribution >= 4 is 29.1 Å². The minimum absolute atomic E-state index is 0.147. The predicted octanol–water partition coefficient (Wildman–Crippen LogP) is 3.21. The summed E-state index contributed by atoms with van der Waals surface area (Å²) in [5.41, 5.74) is 3.23. The molecular weight excluding hydrogens is 518 g/mol. The van der Waals surface area contributed by atoms with E-state index < -0.39 is 0 Å². The number of aryl methyl sites for hydroxylation is 1. The molecule has 3 saturated heterocycles. The molecule has 3 fully saturated rings. The van der Waals surface area contributed by atoms with Crippen molar-refractivity contribution in [2.45, 2.75) is 70.7 Å². The van der Waals surface area contributed by atoms with Gasteiger partial charge in [0.25, 0.3) is 0 Å². The van der Waals surface area contributed by atoms with Crippen LogP contribution in [0.15, 0.2) is 48.5 Å². The number of carbonyl (C=O) groups is 3. The zero-order valence-corrected chi connectivity index (χ0v) is 24.7. The summed E-state index contributed by atoms with van der Waals surface area (Å²) in [4.78, 5) is 45.9. The van der Waals surface area contributed by atoms with E-state index in [2.05, 4.69) is 60.2 Å². The molecule has 9 nitrogen and oxygen atoms in total. The largest absolute Gasteiger partial charge is 0.490 e. The minimum atomic E-state index is -0.361. The van der Waals surface area contributed by atoms with Crippen molar-refractivity contribution in [2.24, 2.45) is 0 Å². The molecule has 3 aliphatic rings. The summed E-state index contributed by atoms with van der Waals surface area (Å²) < 4.78 is 6.17. The summed E-state index contributed by atoms with van der Waals surface area (Å²) in [6.07, 6.45) is 2.72. The average molecular weight is 562 g/mol. The number of benzene rings is 2. The molecule has 3 amide bonds. The highest BCUT2D eigenvalue weighted by molar-refractivity contribution is 6.01. The highest BCUT2D eigenvalue weighted by Crippen LogP contribution is 2.30. The van der Waals surface area contributed by atoms with Crippen molar-refractivity contribution in [3.63, 3.8) is 0 Å². The SMILES string of the molecule is Cc1cccc(OC2CCN(C(=O)CN3CC(C)N(c4cccc(N(C)C5CCC(=O)NC5=O)c4)C(C)C3)CC2)c1. The molecule has 3 aliphatic heterocycles. The van der Waals surface area contributed by atoms with Gasteiger partial charge in [-0.05, 0) is 63.1 Å². The Morgan fingerprint density at radius 2 is 1.71 bits per heavy atom. The number of piperidine rings is 2. The molecule has 9 heteroatoms. The fraction of sp³-hybridized carbons (Fsp3) is 0.531. The zero-order valence-electron chi connectivity index (χ0n) is 24.7. The van der Waals surface area contributed by atoms with Crippen LogP contribution in [0, 0.1) is 6.92 Å². The third-order valence-electron chi connectivity index (χ3n) is 8.65. The van der Waals surface area contributed by atoms with Gasteiger partial charge in [-0.3, -0.25) is 24.6 Å². The summed E-state index contributed by atoms with van der Waals surface area (Å²) in [6, 6.07) is 16.5. The molecule has 2 aromatic carbocycles. The molecule has 3 atom stereocenters. The number of imide groups is 1. The quantitative estimate of drug-likeness (QED) is 0.520. The number of likely N-dealkylation sites (N-methyl/N-ethyl adjacent to an activating group) is 1. The topological polar surface area (TPSA) is 85.4 Å². The number of likely N-dealkylation sites (tertiary alicyclic amines) is 1. The summed E-state index contributed by atoms with van der Waals surface area (Å²) in [7, 11) is 1.91. The molecule has 3 unspecified atom stereocenters. The van der Waals surface area contributed by atoms with Crippen LogP contribution in [0.3, 0.4) is 0 Å². The molecule has 0 aromatic heterocycles. The maximum absolute atomic E-state index is 13.2. The van der Waals surface area contributed by atoms with Gasteiger partial charge in [-0.1, -0.05) is 18.2 Å². The molecule has 41 heavy (non-hydrogen) atoms. The van der Waals surface area contributed by atoms with E-state index >= 15 is 0 Å². The Bertz CT molecular complexity index is 1250. The molecule has 220 valence electrons. The first kappa shape index (κ1) is 28.9. The lowest BCUT2D eigenvalue weighted by Gasteiger charge is -2.46. The number of hydrogen-bond acceptors (Lipinski definition) is 7. The Labute approximate surface area is 243 Å². The molecule has 0 radical (unpaired) electrons. The van der Waals surface area contributed by atoms with Gasteiger partial charge in [-0.2, -0.15) is 0 Å². The van der Waals surface area contributed by atoms with Gasteiger partial charge in [0.05, 0.1) is 6.54 Å². The standard InChI is InChI=1S/C32H43N5O4/c1-22-7-5-10-28(17-22)41-27-13-15-36(16-14-27)31(39)21-35-19-23(2)37(24(3)20-35)26-9-6-8-25(18-26)34(4)29-11-12-30(38)33-32(29)40/h5-10,17-18,23-24,27,29H,11-16,19-21H2,1-4H3,(H,33,38,40). The molecule has 1 N–H and O–H groups in total. The van der Waals surface area contributed by atoms with Gasteiger partial charge in [0.15, 0.2) is 0 Å². The van der Waals surface area contributed by atoms with Gasteiger partial charge in [0.2, 0.25) is 17.7 Å². The number of hydrogen-bond donors (Lipinski definition) is 1. The number of nitrogens with one attached hydrogen (secondary N) is 1. The molecule has 0 aliphatic carbocycles. The monoisotopic (exact) mass is 561 g/mol. The van der Waals surface area contributed by atoms with Gasteiger partial charge >= 0.3 is 0 Å². The Morgan fingerprint density at radius 1 is 1.00 bits per heavy atom. The van der Waals surface area contributed by atoms with E-state index in [1.54, 1.807) is 0 Å². The van der Waals surface area contributed by atoms with Gasteiger partial charge in [-0.15, -0.1) is 0 Å². The summed E-state index contributed by atoms with van der Waals surface area (Å²) >= 11 is 0. The molecule has 2 aromatic rings. The Balaban J connectivity index is 1.14. The summed E-state index contributed by atoms with van der Waals surface area (Å²) in [5, 5.41) is 2.46. The number of rotatable bonds is 7. The van der Waals surface area contributed by atoms with E-state index in [-0.39, 0.29) is 42.0 Å². The normalized spacial score (nSPS) is 24.2. The smallest absolute Gasteiger partial charge is 0.249 e. The van der Waals surface area contributed by atoms with Crippen molar-refractivity contribution in [3.8, 4) is 5.75 Å². The summed E-state index contributed by atoms with van der Waals surface area (Å²) in [6.45, 7) is 9.98. The van der Waals surface area contributed by atoms with Crippen molar-refractivity contribution in [1.29, 1.82) is 0 Å². The van der Waals surface area contributed by atoms with Crippen molar-refractivity contribution < 1.29 is 19.1 Å². The first-order valence-electron chi connectivity index (χ1n) is 14.9. The second-order valence-corrected chi connectivity index (χ2v) is 11.9. The molecule has 3 heterocycles. The van der Waals surface area contributed by atoms with Crippen LogP contribution < -0.4 is 19.9 Å². The van der Waals surface area contributed by atoms with E-state index in [1.165, 1.54) is 5.56 Å². The number of anilines is 2. The lowest BCUT2D eigenvalue weighted by atomic mass is 10.0. The van der Waals surface area contributed by atoms with Crippen LogP contribution in [0.1, 0.15) is 45.1 Å². The van der Waals surface area contributed by atoms with Crippen LogP contribution in [-0.2, 0) is 14.4 Å². The van der Waals surface area contributed by atoms with E-state index in [4.69, 9.17) is 4.74 Å². The Hall–Kier alpha value is -3.59.